The van der Waals surface area contributed by atoms with Crippen molar-refractivity contribution in [1.82, 2.24) is 0 Å². The van der Waals surface area contributed by atoms with Gasteiger partial charge >= 0.3 is 0 Å². The highest BCUT2D eigenvalue weighted by atomic mass is 16.8. The molecule has 0 saturated carbocycles. The molecular weight excluding hydrogens is 460 g/mol. The van der Waals surface area contributed by atoms with Crippen LogP contribution in [0.5, 0.6) is 0 Å². The highest BCUT2D eigenvalue weighted by Gasteiger charge is 2.59. The minimum Gasteiger partial charge on any atom is -0.472 e. The van der Waals surface area contributed by atoms with E-state index in [4.69, 9.17) is 23.7 Å². The predicted octanol–water partition coefficient (Wildman–Crippen LogP) is -3.60. The van der Waals surface area contributed by atoms with Crippen LogP contribution >= 0.6 is 0 Å². The number of hydrogen-bond acceptors (Lipinski definition) is 13. The number of fused-ring (bicyclic) bond motifs is 1. The molecule has 0 aromatic heterocycles. The second-order valence-electron chi connectivity index (χ2n) is 8.96. The SMILES string of the molecule is CC1=CC(=O)C2(OC3OC(C)C(O)C(O)C3O)C=COC(OC3OC(CO)C(O)C(O)C3O)C12. The summed E-state index contributed by atoms with van der Waals surface area (Å²) in [6.07, 6.45) is -12.3. The first kappa shape index (κ1) is 25.6. The van der Waals surface area contributed by atoms with E-state index in [0.29, 0.717) is 5.57 Å². The summed E-state index contributed by atoms with van der Waals surface area (Å²) in [4.78, 5) is 13.0. The number of aliphatic hydroxyl groups is 7. The molecule has 0 aromatic carbocycles. The van der Waals surface area contributed by atoms with E-state index in [0.717, 1.165) is 6.26 Å². The number of ether oxygens (including phenoxy) is 5. The van der Waals surface area contributed by atoms with Crippen molar-refractivity contribution in [1.29, 1.82) is 0 Å². The van der Waals surface area contributed by atoms with Crippen LogP contribution in [0.1, 0.15) is 13.8 Å². The van der Waals surface area contributed by atoms with Crippen molar-refractivity contribution in [2.75, 3.05) is 6.61 Å². The molecule has 2 fully saturated rings. The molecule has 13 atom stereocenters. The molecule has 3 heterocycles. The van der Waals surface area contributed by atoms with Crippen LogP contribution in [0.15, 0.2) is 24.0 Å². The van der Waals surface area contributed by atoms with Gasteiger partial charge in [0.1, 0.15) is 42.7 Å². The molecule has 13 unspecified atom stereocenters. The third-order valence-electron chi connectivity index (χ3n) is 6.73. The average molecular weight is 490 g/mol. The van der Waals surface area contributed by atoms with Gasteiger partial charge < -0.3 is 59.4 Å². The van der Waals surface area contributed by atoms with Crippen molar-refractivity contribution in [2.24, 2.45) is 5.92 Å². The van der Waals surface area contributed by atoms with E-state index in [9.17, 15) is 40.5 Å². The molecule has 0 aromatic rings. The Kier molecular flexibility index (Phi) is 7.17. The van der Waals surface area contributed by atoms with Gasteiger partial charge in [-0.05, 0) is 26.0 Å². The lowest BCUT2D eigenvalue weighted by Crippen LogP contribution is -2.63. The van der Waals surface area contributed by atoms with Crippen LogP contribution in [-0.2, 0) is 28.5 Å². The van der Waals surface area contributed by atoms with Crippen molar-refractivity contribution in [3.8, 4) is 0 Å². The van der Waals surface area contributed by atoms with Crippen LogP contribution in [0, 0.1) is 5.92 Å². The Morgan fingerprint density at radius 3 is 2.24 bits per heavy atom. The Labute approximate surface area is 194 Å². The smallest absolute Gasteiger partial charge is 0.211 e. The molecule has 34 heavy (non-hydrogen) atoms. The normalized spacial score (nSPS) is 51.1. The molecule has 0 spiro atoms. The second-order valence-corrected chi connectivity index (χ2v) is 8.96. The van der Waals surface area contributed by atoms with Gasteiger partial charge in [0, 0.05) is 0 Å². The van der Waals surface area contributed by atoms with Gasteiger partial charge in [-0.25, -0.2) is 0 Å². The van der Waals surface area contributed by atoms with Crippen LogP contribution in [0.2, 0.25) is 0 Å². The highest BCUT2D eigenvalue weighted by Crippen LogP contribution is 2.45. The average Bonchev–Trinajstić information content (AvgIpc) is 3.06. The number of aliphatic hydroxyl groups excluding tert-OH is 7. The first-order chi connectivity index (χ1) is 16.0. The van der Waals surface area contributed by atoms with E-state index in [-0.39, 0.29) is 0 Å². The van der Waals surface area contributed by atoms with Crippen molar-refractivity contribution in [3.05, 3.63) is 24.0 Å². The summed E-state index contributed by atoms with van der Waals surface area (Å²) < 4.78 is 28.1. The fraction of sp³-hybridized carbons (Fsp3) is 0.762. The third-order valence-corrected chi connectivity index (χ3v) is 6.73. The van der Waals surface area contributed by atoms with Gasteiger partial charge in [-0.2, -0.15) is 0 Å². The lowest BCUT2D eigenvalue weighted by atomic mass is 9.83. The highest BCUT2D eigenvalue weighted by molar-refractivity contribution is 6.03. The quantitative estimate of drug-likeness (QED) is 0.199. The lowest BCUT2D eigenvalue weighted by molar-refractivity contribution is -0.353. The van der Waals surface area contributed by atoms with E-state index in [2.05, 4.69) is 0 Å². The zero-order valence-corrected chi connectivity index (χ0v) is 18.4. The minimum absolute atomic E-state index is 0.461. The number of carbonyl (C=O) groups excluding carboxylic acids is 1. The Bertz CT molecular complexity index is 829. The summed E-state index contributed by atoms with van der Waals surface area (Å²) in [6.45, 7) is 2.42. The molecule has 4 rings (SSSR count). The zero-order chi connectivity index (χ0) is 24.9. The lowest BCUT2D eigenvalue weighted by Gasteiger charge is -2.46. The number of ketones is 1. The van der Waals surface area contributed by atoms with Crippen molar-refractivity contribution < 1.29 is 64.2 Å². The first-order valence-corrected chi connectivity index (χ1v) is 10.9. The molecule has 0 radical (unpaired) electrons. The summed E-state index contributed by atoms with van der Waals surface area (Å²) >= 11 is 0. The summed E-state index contributed by atoms with van der Waals surface area (Å²) in [7, 11) is 0. The van der Waals surface area contributed by atoms with Crippen LogP contribution in [0.3, 0.4) is 0 Å². The van der Waals surface area contributed by atoms with Gasteiger partial charge in [0.2, 0.25) is 6.29 Å². The fourth-order valence-corrected chi connectivity index (χ4v) is 4.70. The molecule has 1 aliphatic carbocycles. The maximum absolute atomic E-state index is 13.0. The van der Waals surface area contributed by atoms with Gasteiger partial charge in [-0.1, -0.05) is 5.57 Å². The molecule has 4 aliphatic rings. The maximum Gasteiger partial charge on any atom is 0.211 e. The van der Waals surface area contributed by atoms with Gasteiger partial charge in [0.05, 0.1) is 24.9 Å². The topological polar surface area (TPSA) is 205 Å². The van der Waals surface area contributed by atoms with Crippen LogP contribution in [-0.4, -0.2) is 121 Å². The van der Waals surface area contributed by atoms with Gasteiger partial charge in [-0.3, -0.25) is 4.79 Å². The fourth-order valence-electron chi connectivity index (χ4n) is 4.70. The number of carbonyl (C=O) groups is 1. The molecular formula is C21H30O13. The molecule has 3 aliphatic heterocycles. The van der Waals surface area contributed by atoms with Crippen molar-refractivity contribution in [3.63, 3.8) is 0 Å². The Morgan fingerprint density at radius 1 is 0.912 bits per heavy atom. The predicted molar refractivity (Wildman–Crippen MR) is 107 cm³/mol. The number of hydrogen-bond donors (Lipinski definition) is 7. The Hall–Kier alpha value is -1.49. The summed E-state index contributed by atoms with van der Waals surface area (Å²) in [5, 5.41) is 70.2. The van der Waals surface area contributed by atoms with Gasteiger partial charge in [0.15, 0.2) is 24.0 Å². The van der Waals surface area contributed by atoms with E-state index < -0.39 is 91.6 Å². The van der Waals surface area contributed by atoms with Crippen molar-refractivity contribution in [2.45, 2.75) is 87.2 Å². The second kappa shape index (κ2) is 9.52. The molecule has 13 nitrogen and oxygen atoms in total. The maximum atomic E-state index is 13.0. The monoisotopic (exact) mass is 490 g/mol. The van der Waals surface area contributed by atoms with Gasteiger partial charge in [-0.15, -0.1) is 0 Å². The van der Waals surface area contributed by atoms with Gasteiger partial charge in [0.25, 0.3) is 0 Å². The summed E-state index contributed by atoms with van der Waals surface area (Å²) in [5.74, 6) is -1.49. The Morgan fingerprint density at radius 2 is 1.56 bits per heavy atom. The third kappa shape index (κ3) is 4.10. The Balaban J connectivity index is 1.58. The molecule has 7 N–H and O–H groups in total. The summed E-state index contributed by atoms with van der Waals surface area (Å²) in [5.41, 5.74) is -1.32. The van der Waals surface area contributed by atoms with Crippen molar-refractivity contribution >= 4 is 5.78 Å². The molecule has 0 bridgehead atoms. The largest absolute Gasteiger partial charge is 0.472 e. The van der Waals surface area contributed by atoms with E-state index in [1.165, 1.54) is 19.1 Å². The molecule has 0 amide bonds. The van der Waals surface area contributed by atoms with E-state index in [1.54, 1.807) is 6.92 Å². The molecule has 2 saturated heterocycles. The van der Waals surface area contributed by atoms with Crippen LogP contribution < -0.4 is 0 Å². The number of rotatable bonds is 5. The summed E-state index contributed by atoms with van der Waals surface area (Å²) in [6, 6.07) is 0. The van der Waals surface area contributed by atoms with E-state index >= 15 is 0 Å². The van der Waals surface area contributed by atoms with Crippen LogP contribution in [0.4, 0.5) is 0 Å². The van der Waals surface area contributed by atoms with E-state index in [1.807, 2.05) is 0 Å². The standard InChI is InChI=1S/C21H30O13/c1-7-5-10(23)21(34-20-17(29)14(26)12(24)8(2)31-20)3-4-30-18(11(7)21)33-19-16(28)15(27)13(25)9(6-22)32-19/h3-5,8-9,11-20,22,24-29H,6H2,1-2H3. The molecule has 192 valence electrons. The van der Waals surface area contributed by atoms with Crippen LogP contribution in [0.25, 0.3) is 0 Å². The zero-order valence-electron chi connectivity index (χ0n) is 18.4. The minimum atomic E-state index is -1.78. The molecule has 13 heteroatoms. The first-order valence-electron chi connectivity index (χ1n) is 10.9.